The normalized spacial score (nSPS) is 45.0. The monoisotopic (exact) mass is 195 g/mol. The van der Waals surface area contributed by atoms with Crippen LogP contribution in [0, 0.1) is 23.7 Å². The van der Waals surface area contributed by atoms with Crippen LogP contribution in [0.5, 0.6) is 0 Å². The molecule has 3 atom stereocenters. The van der Waals surface area contributed by atoms with E-state index in [2.05, 4.69) is 19.2 Å². The van der Waals surface area contributed by atoms with Gasteiger partial charge in [-0.1, -0.05) is 13.8 Å². The molecular formula is C13H25N. The SMILES string of the molecule is CC1CC(C)CC(C2CCCNC2)C1. The van der Waals surface area contributed by atoms with Crippen molar-refractivity contribution in [3.8, 4) is 0 Å². The Kier molecular flexibility index (Phi) is 3.48. The largest absolute Gasteiger partial charge is 0.316 e. The molecule has 0 aromatic carbocycles. The fourth-order valence-corrected chi connectivity index (χ4v) is 3.68. The Morgan fingerprint density at radius 3 is 2.21 bits per heavy atom. The summed E-state index contributed by atoms with van der Waals surface area (Å²) >= 11 is 0. The zero-order valence-corrected chi connectivity index (χ0v) is 9.76. The molecule has 1 aliphatic carbocycles. The fraction of sp³-hybridized carbons (Fsp3) is 1.00. The van der Waals surface area contributed by atoms with Crippen LogP contribution in [0.4, 0.5) is 0 Å². The van der Waals surface area contributed by atoms with Crippen LogP contribution in [-0.2, 0) is 0 Å². The van der Waals surface area contributed by atoms with Crippen molar-refractivity contribution in [1.82, 2.24) is 5.32 Å². The lowest BCUT2D eigenvalue weighted by Crippen LogP contribution is -2.37. The molecule has 0 amide bonds. The molecule has 1 saturated carbocycles. The Bertz CT molecular complexity index is 162. The average molecular weight is 195 g/mol. The van der Waals surface area contributed by atoms with Crippen molar-refractivity contribution in [3.63, 3.8) is 0 Å². The van der Waals surface area contributed by atoms with Crippen LogP contribution in [0.3, 0.4) is 0 Å². The predicted octanol–water partition coefficient (Wildman–Crippen LogP) is 3.06. The van der Waals surface area contributed by atoms with E-state index >= 15 is 0 Å². The highest BCUT2D eigenvalue weighted by Crippen LogP contribution is 2.38. The standard InChI is InChI=1S/C13H25N/c1-10-6-11(2)8-13(7-10)12-4-3-5-14-9-12/h10-14H,3-9H2,1-2H3. The molecule has 1 saturated heterocycles. The van der Waals surface area contributed by atoms with Gasteiger partial charge < -0.3 is 5.32 Å². The molecule has 0 aromatic heterocycles. The zero-order chi connectivity index (χ0) is 9.97. The number of nitrogens with one attached hydrogen (secondary N) is 1. The lowest BCUT2D eigenvalue weighted by atomic mass is 9.70. The van der Waals surface area contributed by atoms with Crippen LogP contribution < -0.4 is 5.32 Å². The Hall–Kier alpha value is -0.0400. The highest BCUT2D eigenvalue weighted by Gasteiger charge is 2.30. The first-order valence-electron chi connectivity index (χ1n) is 6.46. The third-order valence-corrected chi connectivity index (χ3v) is 4.22. The van der Waals surface area contributed by atoms with Crippen molar-refractivity contribution in [2.45, 2.75) is 46.0 Å². The van der Waals surface area contributed by atoms with Crippen molar-refractivity contribution >= 4 is 0 Å². The predicted molar refractivity (Wildman–Crippen MR) is 61.3 cm³/mol. The summed E-state index contributed by atoms with van der Waals surface area (Å²) in [5, 5.41) is 3.56. The lowest BCUT2D eigenvalue weighted by Gasteiger charge is -2.38. The molecule has 82 valence electrons. The highest BCUT2D eigenvalue weighted by molar-refractivity contribution is 4.82. The molecule has 0 bridgehead atoms. The molecule has 1 aliphatic heterocycles. The van der Waals surface area contributed by atoms with Crippen LogP contribution in [0.15, 0.2) is 0 Å². The quantitative estimate of drug-likeness (QED) is 0.678. The number of piperidine rings is 1. The Morgan fingerprint density at radius 2 is 1.64 bits per heavy atom. The summed E-state index contributed by atoms with van der Waals surface area (Å²) < 4.78 is 0. The van der Waals surface area contributed by atoms with Gasteiger partial charge in [-0.3, -0.25) is 0 Å². The molecular weight excluding hydrogens is 170 g/mol. The van der Waals surface area contributed by atoms with Gasteiger partial charge in [0.05, 0.1) is 0 Å². The van der Waals surface area contributed by atoms with Crippen molar-refractivity contribution in [2.24, 2.45) is 23.7 Å². The summed E-state index contributed by atoms with van der Waals surface area (Å²) in [4.78, 5) is 0. The molecule has 2 aliphatic rings. The fourth-order valence-electron chi connectivity index (χ4n) is 3.68. The Balaban J connectivity index is 1.88. The molecule has 2 rings (SSSR count). The van der Waals surface area contributed by atoms with E-state index in [0.717, 1.165) is 23.7 Å². The number of hydrogen-bond donors (Lipinski definition) is 1. The van der Waals surface area contributed by atoms with Gasteiger partial charge in [-0.05, 0) is 68.9 Å². The number of hydrogen-bond acceptors (Lipinski definition) is 1. The minimum atomic E-state index is 0.977. The van der Waals surface area contributed by atoms with E-state index in [9.17, 15) is 0 Å². The van der Waals surface area contributed by atoms with Crippen molar-refractivity contribution in [1.29, 1.82) is 0 Å². The Morgan fingerprint density at radius 1 is 0.929 bits per heavy atom. The van der Waals surface area contributed by atoms with E-state index in [1.165, 1.54) is 45.2 Å². The third-order valence-electron chi connectivity index (χ3n) is 4.22. The first kappa shape index (κ1) is 10.5. The van der Waals surface area contributed by atoms with E-state index in [4.69, 9.17) is 0 Å². The van der Waals surface area contributed by atoms with E-state index in [1.807, 2.05) is 0 Å². The zero-order valence-electron chi connectivity index (χ0n) is 9.76. The molecule has 1 heterocycles. The summed E-state index contributed by atoms with van der Waals surface area (Å²) in [6.45, 7) is 7.44. The van der Waals surface area contributed by atoms with Crippen LogP contribution >= 0.6 is 0 Å². The Labute approximate surface area is 88.7 Å². The van der Waals surface area contributed by atoms with Gasteiger partial charge in [0, 0.05) is 0 Å². The lowest BCUT2D eigenvalue weighted by molar-refractivity contribution is 0.140. The summed E-state index contributed by atoms with van der Waals surface area (Å²) in [6, 6.07) is 0. The van der Waals surface area contributed by atoms with Crippen molar-refractivity contribution in [2.75, 3.05) is 13.1 Å². The molecule has 2 fully saturated rings. The van der Waals surface area contributed by atoms with Gasteiger partial charge in [0.2, 0.25) is 0 Å². The van der Waals surface area contributed by atoms with Crippen LogP contribution in [0.25, 0.3) is 0 Å². The maximum Gasteiger partial charge on any atom is -0.00179 e. The van der Waals surface area contributed by atoms with Gasteiger partial charge in [-0.15, -0.1) is 0 Å². The molecule has 1 heteroatoms. The second-order valence-electron chi connectivity index (χ2n) is 5.78. The third kappa shape index (κ3) is 2.50. The number of rotatable bonds is 1. The van der Waals surface area contributed by atoms with Gasteiger partial charge in [-0.25, -0.2) is 0 Å². The van der Waals surface area contributed by atoms with Crippen LogP contribution in [-0.4, -0.2) is 13.1 Å². The van der Waals surface area contributed by atoms with Gasteiger partial charge in [0.25, 0.3) is 0 Å². The molecule has 3 unspecified atom stereocenters. The van der Waals surface area contributed by atoms with E-state index in [0.29, 0.717) is 0 Å². The van der Waals surface area contributed by atoms with E-state index in [-0.39, 0.29) is 0 Å². The van der Waals surface area contributed by atoms with E-state index in [1.54, 1.807) is 0 Å². The molecule has 14 heavy (non-hydrogen) atoms. The van der Waals surface area contributed by atoms with Gasteiger partial charge in [0.1, 0.15) is 0 Å². The maximum atomic E-state index is 3.56. The molecule has 1 N–H and O–H groups in total. The van der Waals surface area contributed by atoms with Crippen LogP contribution in [0.2, 0.25) is 0 Å². The van der Waals surface area contributed by atoms with Crippen molar-refractivity contribution in [3.05, 3.63) is 0 Å². The second kappa shape index (κ2) is 4.65. The minimum Gasteiger partial charge on any atom is -0.316 e. The molecule has 1 nitrogen and oxygen atoms in total. The molecule has 0 spiro atoms. The topological polar surface area (TPSA) is 12.0 Å². The second-order valence-corrected chi connectivity index (χ2v) is 5.78. The summed E-state index contributed by atoms with van der Waals surface area (Å²) in [6.07, 6.45) is 7.35. The molecule has 0 radical (unpaired) electrons. The highest BCUT2D eigenvalue weighted by atomic mass is 14.9. The average Bonchev–Trinajstić information content (AvgIpc) is 2.18. The van der Waals surface area contributed by atoms with Crippen molar-refractivity contribution < 1.29 is 0 Å². The summed E-state index contributed by atoms with van der Waals surface area (Å²) in [5.74, 6) is 3.98. The summed E-state index contributed by atoms with van der Waals surface area (Å²) in [7, 11) is 0. The van der Waals surface area contributed by atoms with Crippen LogP contribution in [0.1, 0.15) is 46.0 Å². The first-order valence-corrected chi connectivity index (χ1v) is 6.46. The minimum absolute atomic E-state index is 0.977. The van der Waals surface area contributed by atoms with Gasteiger partial charge in [0.15, 0.2) is 0 Å². The van der Waals surface area contributed by atoms with E-state index < -0.39 is 0 Å². The maximum absolute atomic E-state index is 3.56. The molecule has 0 aromatic rings. The summed E-state index contributed by atoms with van der Waals surface area (Å²) in [5.41, 5.74) is 0. The van der Waals surface area contributed by atoms with Gasteiger partial charge >= 0.3 is 0 Å². The first-order chi connectivity index (χ1) is 6.75. The smallest absolute Gasteiger partial charge is 0.00179 e. The van der Waals surface area contributed by atoms with Gasteiger partial charge in [-0.2, -0.15) is 0 Å².